The second kappa shape index (κ2) is 8.11. The SMILES string of the molecule is COCCNC(=O)CCNC(=O)c1cc(N)cc(F)c1. The molecule has 7 heteroatoms. The number of ether oxygens (including phenoxy) is 1. The first-order chi connectivity index (χ1) is 9.52. The highest BCUT2D eigenvalue weighted by atomic mass is 19.1. The maximum atomic E-state index is 13.1. The summed E-state index contributed by atoms with van der Waals surface area (Å²) >= 11 is 0. The van der Waals surface area contributed by atoms with Gasteiger partial charge in [0.1, 0.15) is 5.82 Å². The highest BCUT2D eigenvalue weighted by Gasteiger charge is 2.08. The molecule has 20 heavy (non-hydrogen) atoms. The Bertz CT molecular complexity index is 460. The minimum absolute atomic E-state index is 0.127. The number of nitrogens with two attached hydrogens (primary N) is 1. The van der Waals surface area contributed by atoms with Crippen LogP contribution in [0, 0.1) is 5.82 Å². The van der Waals surface area contributed by atoms with Crippen molar-refractivity contribution in [1.29, 1.82) is 0 Å². The second-order valence-corrected chi connectivity index (χ2v) is 4.12. The molecule has 6 nitrogen and oxygen atoms in total. The first-order valence-electron chi connectivity index (χ1n) is 6.13. The van der Waals surface area contributed by atoms with Gasteiger partial charge in [-0.1, -0.05) is 0 Å². The molecule has 0 radical (unpaired) electrons. The normalized spacial score (nSPS) is 10.1. The van der Waals surface area contributed by atoms with Crippen LogP contribution < -0.4 is 16.4 Å². The van der Waals surface area contributed by atoms with E-state index in [0.29, 0.717) is 13.2 Å². The van der Waals surface area contributed by atoms with Gasteiger partial charge in [0.15, 0.2) is 0 Å². The Morgan fingerprint density at radius 2 is 2.00 bits per heavy atom. The van der Waals surface area contributed by atoms with E-state index in [9.17, 15) is 14.0 Å². The van der Waals surface area contributed by atoms with Gasteiger partial charge in [0, 0.05) is 37.9 Å². The van der Waals surface area contributed by atoms with Crippen molar-refractivity contribution in [1.82, 2.24) is 10.6 Å². The molecule has 1 rings (SSSR count). The van der Waals surface area contributed by atoms with Gasteiger partial charge in [-0.3, -0.25) is 9.59 Å². The van der Waals surface area contributed by atoms with Crippen LogP contribution in [-0.2, 0) is 9.53 Å². The van der Waals surface area contributed by atoms with Gasteiger partial charge in [0.25, 0.3) is 5.91 Å². The second-order valence-electron chi connectivity index (χ2n) is 4.12. The summed E-state index contributed by atoms with van der Waals surface area (Å²) in [6.45, 7) is 1.01. The summed E-state index contributed by atoms with van der Waals surface area (Å²) < 4.78 is 17.9. The van der Waals surface area contributed by atoms with Crippen LogP contribution >= 0.6 is 0 Å². The van der Waals surface area contributed by atoms with E-state index in [1.165, 1.54) is 13.2 Å². The number of carbonyl (C=O) groups excluding carboxylic acids is 2. The van der Waals surface area contributed by atoms with E-state index in [4.69, 9.17) is 10.5 Å². The lowest BCUT2D eigenvalue weighted by Crippen LogP contribution is -2.32. The Morgan fingerprint density at radius 3 is 2.65 bits per heavy atom. The van der Waals surface area contributed by atoms with Crippen molar-refractivity contribution >= 4 is 17.5 Å². The predicted molar refractivity (Wildman–Crippen MR) is 72.6 cm³/mol. The van der Waals surface area contributed by atoms with E-state index < -0.39 is 11.7 Å². The molecule has 1 aromatic carbocycles. The molecule has 0 saturated carbocycles. The molecule has 0 aliphatic heterocycles. The number of nitrogen functional groups attached to an aromatic ring is 1. The molecule has 0 aromatic heterocycles. The van der Waals surface area contributed by atoms with Gasteiger partial charge in [-0.25, -0.2) is 4.39 Å². The number of methoxy groups -OCH3 is 1. The molecule has 0 spiro atoms. The van der Waals surface area contributed by atoms with E-state index in [-0.39, 0.29) is 30.1 Å². The standard InChI is InChI=1S/C13H18FN3O3/c1-20-5-4-16-12(18)2-3-17-13(19)9-6-10(14)8-11(15)7-9/h6-8H,2-5,15H2,1H3,(H,16,18)(H,17,19). The van der Waals surface area contributed by atoms with Gasteiger partial charge < -0.3 is 21.1 Å². The van der Waals surface area contributed by atoms with Crippen molar-refractivity contribution in [3.63, 3.8) is 0 Å². The quantitative estimate of drug-likeness (QED) is 0.495. The number of nitrogens with one attached hydrogen (secondary N) is 2. The lowest BCUT2D eigenvalue weighted by molar-refractivity contribution is -0.121. The van der Waals surface area contributed by atoms with Crippen LogP contribution in [0.15, 0.2) is 18.2 Å². The third-order valence-electron chi connectivity index (χ3n) is 2.45. The van der Waals surface area contributed by atoms with Gasteiger partial charge in [-0.15, -0.1) is 0 Å². The van der Waals surface area contributed by atoms with Crippen LogP contribution in [0.4, 0.5) is 10.1 Å². The summed E-state index contributed by atoms with van der Waals surface area (Å²) in [5.41, 5.74) is 5.75. The molecule has 110 valence electrons. The van der Waals surface area contributed by atoms with E-state index in [1.54, 1.807) is 0 Å². The average molecular weight is 283 g/mol. The average Bonchev–Trinajstić information content (AvgIpc) is 2.37. The highest BCUT2D eigenvalue weighted by molar-refractivity contribution is 5.95. The molecule has 0 heterocycles. The molecule has 0 saturated heterocycles. The van der Waals surface area contributed by atoms with Crippen molar-refractivity contribution in [2.75, 3.05) is 32.5 Å². The Kier molecular flexibility index (Phi) is 6.45. The summed E-state index contributed by atoms with van der Waals surface area (Å²) in [4.78, 5) is 23.1. The molecule has 1 aromatic rings. The Hall–Kier alpha value is -2.15. The van der Waals surface area contributed by atoms with Gasteiger partial charge >= 0.3 is 0 Å². The Labute approximate surface area is 116 Å². The van der Waals surface area contributed by atoms with Gasteiger partial charge in [-0.05, 0) is 18.2 Å². The zero-order valence-electron chi connectivity index (χ0n) is 11.2. The van der Waals surface area contributed by atoms with Crippen LogP contribution in [0.2, 0.25) is 0 Å². The van der Waals surface area contributed by atoms with Gasteiger partial charge in [0.05, 0.1) is 6.61 Å². The number of anilines is 1. The molecule has 0 aliphatic rings. The Balaban J connectivity index is 2.34. The summed E-state index contributed by atoms with van der Waals surface area (Å²) in [6.07, 6.45) is 0.139. The predicted octanol–water partition coefficient (Wildman–Crippen LogP) is 0.290. The van der Waals surface area contributed by atoms with E-state index in [1.807, 2.05) is 0 Å². The molecule has 4 N–H and O–H groups in total. The summed E-state index contributed by atoms with van der Waals surface area (Å²) in [7, 11) is 1.54. The van der Waals surface area contributed by atoms with Crippen LogP contribution in [0.5, 0.6) is 0 Å². The van der Waals surface area contributed by atoms with Crippen molar-refractivity contribution in [2.24, 2.45) is 0 Å². The smallest absolute Gasteiger partial charge is 0.251 e. The highest BCUT2D eigenvalue weighted by Crippen LogP contribution is 2.10. The minimum Gasteiger partial charge on any atom is -0.399 e. The molecule has 0 bridgehead atoms. The maximum Gasteiger partial charge on any atom is 0.251 e. The van der Waals surface area contributed by atoms with E-state index >= 15 is 0 Å². The number of hydrogen-bond donors (Lipinski definition) is 3. The van der Waals surface area contributed by atoms with Crippen molar-refractivity contribution in [2.45, 2.75) is 6.42 Å². The summed E-state index contributed by atoms with van der Waals surface area (Å²) in [5.74, 6) is -1.24. The van der Waals surface area contributed by atoms with Crippen molar-refractivity contribution < 1.29 is 18.7 Å². The zero-order chi connectivity index (χ0) is 15.0. The lowest BCUT2D eigenvalue weighted by Gasteiger charge is -2.07. The number of hydrogen-bond acceptors (Lipinski definition) is 4. The number of amides is 2. The van der Waals surface area contributed by atoms with Gasteiger partial charge in [0.2, 0.25) is 5.91 Å². The fourth-order valence-electron chi connectivity index (χ4n) is 1.52. The largest absolute Gasteiger partial charge is 0.399 e. The fraction of sp³-hybridized carbons (Fsp3) is 0.385. The van der Waals surface area contributed by atoms with Gasteiger partial charge in [-0.2, -0.15) is 0 Å². The first-order valence-corrected chi connectivity index (χ1v) is 6.13. The maximum absolute atomic E-state index is 13.1. The number of benzene rings is 1. The number of rotatable bonds is 7. The fourth-order valence-corrected chi connectivity index (χ4v) is 1.52. The third-order valence-corrected chi connectivity index (χ3v) is 2.45. The molecule has 2 amide bonds. The topological polar surface area (TPSA) is 93.5 Å². The van der Waals surface area contributed by atoms with Crippen LogP contribution in [0.25, 0.3) is 0 Å². The van der Waals surface area contributed by atoms with Crippen LogP contribution in [-0.4, -0.2) is 38.6 Å². The summed E-state index contributed by atoms with van der Waals surface area (Å²) in [6, 6.07) is 3.58. The van der Waals surface area contributed by atoms with Crippen molar-refractivity contribution in [3.05, 3.63) is 29.6 Å². The first kappa shape index (κ1) is 15.9. The Morgan fingerprint density at radius 1 is 1.25 bits per heavy atom. The molecule has 0 fully saturated rings. The monoisotopic (exact) mass is 283 g/mol. The molecular weight excluding hydrogens is 265 g/mol. The zero-order valence-corrected chi connectivity index (χ0v) is 11.2. The van der Waals surface area contributed by atoms with Crippen molar-refractivity contribution in [3.8, 4) is 0 Å². The van der Waals surface area contributed by atoms with E-state index in [2.05, 4.69) is 10.6 Å². The molecular formula is C13H18FN3O3. The summed E-state index contributed by atoms with van der Waals surface area (Å²) in [5, 5.41) is 5.14. The van der Waals surface area contributed by atoms with Crippen LogP contribution in [0.1, 0.15) is 16.8 Å². The van der Waals surface area contributed by atoms with Crippen LogP contribution in [0.3, 0.4) is 0 Å². The molecule has 0 aliphatic carbocycles. The lowest BCUT2D eigenvalue weighted by atomic mass is 10.2. The molecule has 0 unspecified atom stereocenters. The minimum atomic E-state index is -0.576. The molecule has 0 atom stereocenters. The number of carbonyl (C=O) groups is 2. The third kappa shape index (κ3) is 5.66. The van der Waals surface area contributed by atoms with E-state index in [0.717, 1.165) is 12.1 Å². The number of halogens is 1.